The number of nitrogens with zero attached hydrogens (tertiary/aromatic N) is 2. The minimum absolute atomic E-state index is 0.0586. The number of aromatic nitrogens is 2. The van der Waals surface area contributed by atoms with Gasteiger partial charge in [0.2, 0.25) is 5.91 Å². The van der Waals surface area contributed by atoms with Crippen LogP contribution in [0, 0.1) is 11.7 Å². The molecule has 1 heterocycles. The number of rotatable bonds is 4. The van der Waals surface area contributed by atoms with Gasteiger partial charge in [0.05, 0.1) is 6.54 Å². The Bertz CT molecular complexity index is 602. The van der Waals surface area contributed by atoms with Gasteiger partial charge in [-0.25, -0.2) is 4.39 Å². The molecule has 0 saturated heterocycles. The normalized spacial score (nSPS) is 14.8. The molecule has 0 unspecified atom stereocenters. The monoisotopic (exact) mass is 273 g/mol. The SMILES string of the molecule is O=C(Nc1ccn(Cc2ccc(F)cc2)n1)C1CCC1. The van der Waals surface area contributed by atoms with E-state index in [2.05, 4.69) is 10.4 Å². The maximum Gasteiger partial charge on any atom is 0.228 e. The molecular weight excluding hydrogens is 257 g/mol. The van der Waals surface area contributed by atoms with Crippen molar-refractivity contribution >= 4 is 11.7 Å². The topological polar surface area (TPSA) is 46.9 Å². The van der Waals surface area contributed by atoms with Gasteiger partial charge in [-0.05, 0) is 30.5 Å². The van der Waals surface area contributed by atoms with Crippen LogP contribution in [0.4, 0.5) is 10.2 Å². The molecule has 1 aliphatic carbocycles. The first-order valence-corrected chi connectivity index (χ1v) is 6.79. The summed E-state index contributed by atoms with van der Waals surface area (Å²) in [7, 11) is 0. The second kappa shape index (κ2) is 5.45. The highest BCUT2D eigenvalue weighted by atomic mass is 19.1. The average Bonchev–Trinajstić information content (AvgIpc) is 2.77. The molecule has 1 saturated carbocycles. The summed E-state index contributed by atoms with van der Waals surface area (Å²) in [6.45, 7) is 0.555. The van der Waals surface area contributed by atoms with E-state index in [1.165, 1.54) is 12.1 Å². The van der Waals surface area contributed by atoms with Gasteiger partial charge >= 0.3 is 0 Å². The van der Waals surface area contributed by atoms with Crippen LogP contribution in [-0.4, -0.2) is 15.7 Å². The summed E-state index contributed by atoms with van der Waals surface area (Å²) in [6, 6.07) is 8.09. The molecule has 1 aromatic heterocycles. The lowest BCUT2D eigenvalue weighted by atomic mass is 9.85. The molecule has 104 valence electrons. The number of nitrogens with one attached hydrogen (secondary N) is 1. The number of hydrogen-bond donors (Lipinski definition) is 1. The first-order chi connectivity index (χ1) is 9.70. The smallest absolute Gasteiger partial charge is 0.228 e. The van der Waals surface area contributed by atoms with E-state index in [1.54, 1.807) is 29.1 Å². The number of carbonyl (C=O) groups excluding carboxylic acids is 1. The largest absolute Gasteiger partial charge is 0.309 e. The summed E-state index contributed by atoms with van der Waals surface area (Å²) in [5.41, 5.74) is 0.964. The molecule has 5 heteroatoms. The predicted molar refractivity (Wildman–Crippen MR) is 73.7 cm³/mol. The molecule has 2 aromatic rings. The molecule has 0 spiro atoms. The van der Waals surface area contributed by atoms with E-state index in [0.717, 1.165) is 24.8 Å². The fourth-order valence-corrected chi connectivity index (χ4v) is 2.19. The third kappa shape index (κ3) is 2.87. The summed E-state index contributed by atoms with van der Waals surface area (Å²) >= 11 is 0. The first-order valence-electron chi connectivity index (χ1n) is 6.79. The predicted octanol–water partition coefficient (Wildman–Crippen LogP) is 2.81. The van der Waals surface area contributed by atoms with Crippen molar-refractivity contribution in [2.45, 2.75) is 25.8 Å². The molecule has 1 fully saturated rings. The van der Waals surface area contributed by atoms with Crippen LogP contribution in [-0.2, 0) is 11.3 Å². The van der Waals surface area contributed by atoms with Crippen LogP contribution in [0.3, 0.4) is 0 Å². The molecule has 3 rings (SSSR count). The van der Waals surface area contributed by atoms with Gasteiger partial charge in [0.1, 0.15) is 5.82 Å². The highest BCUT2D eigenvalue weighted by Crippen LogP contribution is 2.27. The van der Waals surface area contributed by atoms with E-state index in [4.69, 9.17) is 0 Å². The number of halogens is 1. The Balaban J connectivity index is 1.61. The lowest BCUT2D eigenvalue weighted by Crippen LogP contribution is -2.28. The van der Waals surface area contributed by atoms with Gasteiger partial charge in [0, 0.05) is 18.2 Å². The molecule has 1 amide bonds. The number of carbonyl (C=O) groups is 1. The Labute approximate surface area is 116 Å². The Morgan fingerprint density at radius 3 is 2.70 bits per heavy atom. The first kappa shape index (κ1) is 12.8. The number of benzene rings is 1. The average molecular weight is 273 g/mol. The van der Waals surface area contributed by atoms with E-state index in [1.807, 2.05) is 0 Å². The zero-order valence-corrected chi connectivity index (χ0v) is 11.1. The van der Waals surface area contributed by atoms with Crippen molar-refractivity contribution in [1.82, 2.24) is 9.78 Å². The fraction of sp³-hybridized carbons (Fsp3) is 0.333. The van der Waals surface area contributed by atoms with Crippen LogP contribution in [0.15, 0.2) is 36.5 Å². The van der Waals surface area contributed by atoms with Gasteiger partial charge in [-0.15, -0.1) is 0 Å². The molecule has 4 nitrogen and oxygen atoms in total. The zero-order valence-electron chi connectivity index (χ0n) is 11.1. The Kier molecular flexibility index (Phi) is 3.50. The zero-order chi connectivity index (χ0) is 13.9. The van der Waals surface area contributed by atoms with Crippen LogP contribution >= 0.6 is 0 Å². The third-order valence-electron chi connectivity index (χ3n) is 3.63. The molecule has 1 N–H and O–H groups in total. The van der Waals surface area contributed by atoms with Crippen molar-refractivity contribution in [1.29, 1.82) is 0 Å². The van der Waals surface area contributed by atoms with Gasteiger partial charge in [0.15, 0.2) is 5.82 Å². The summed E-state index contributed by atoms with van der Waals surface area (Å²) in [5.74, 6) is 0.534. The van der Waals surface area contributed by atoms with Gasteiger partial charge in [-0.1, -0.05) is 18.6 Å². The molecular formula is C15H16FN3O. The maximum atomic E-state index is 12.8. The molecule has 1 aromatic carbocycles. The standard InChI is InChI=1S/C15H16FN3O/c16-13-6-4-11(5-7-13)10-19-9-8-14(18-19)17-15(20)12-2-1-3-12/h4-9,12H,1-3,10H2,(H,17,18,20). The van der Waals surface area contributed by atoms with Crippen molar-refractivity contribution < 1.29 is 9.18 Å². The second-order valence-corrected chi connectivity index (χ2v) is 5.14. The van der Waals surface area contributed by atoms with Gasteiger partial charge < -0.3 is 5.32 Å². The van der Waals surface area contributed by atoms with Gasteiger partial charge in [-0.2, -0.15) is 5.10 Å². The minimum Gasteiger partial charge on any atom is -0.309 e. The van der Waals surface area contributed by atoms with Crippen LogP contribution in [0.1, 0.15) is 24.8 Å². The quantitative estimate of drug-likeness (QED) is 0.931. The molecule has 0 atom stereocenters. The van der Waals surface area contributed by atoms with Crippen LogP contribution in [0.25, 0.3) is 0 Å². The lowest BCUT2D eigenvalue weighted by Gasteiger charge is -2.23. The summed E-state index contributed by atoms with van der Waals surface area (Å²) in [6.07, 6.45) is 4.89. The minimum atomic E-state index is -0.248. The number of hydrogen-bond acceptors (Lipinski definition) is 2. The summed E-state index contributed by atoms with van der Waals surface area (Å²) < 4.78 is 14.5. The molecule has 1 aliphatic rings. The maximum absolute atomic E-state index is 12.8. The van der Waals surface area contributed by atoms with Crippen molar-refractivity contribution in [3.05, 3.63) is 47.9 Å². The van der Waals surface area contributed by atoms with Gasteiger partial charge in [-0.3, -0.25) is 9.48 Å². The van der Waals surface area contributed by atoms with E-state index in [-0.39, 0.29) is 17.6 Å². The van der Waals surface area contributed by atoms with Gasteiger partial charge in [0.25, 0.3) is 0 Å². The summed E-state index contributed by atoms with van der Waals surface area (Å²) in [4.78, 5) is 11.8. The van der Waals surface area contributed by atoms with Crippen LogP contribution < -0.4 is 5.32 Å². The van der Waals surface area contributed by atoms with E-state index in [0.29, 0.717) is 12.4 Å². The van der Waals surface area contributed by atoms with E-state index in [9.17, 15) is 9.18 Å². The van der Waals surface area contributed by atoms with Crippen LogP contribution in [0.5, 0.6) is 0 Å². The summed E-state index contributed by atoms with van der Waals surface area (Å²) in [5, 5.41) is 7.13. The highest BCUT2D eigenvalue weighted by Gasteiger charge is 2.25. The Morgan fingerprint density at radius 1 is 1.30 bits per heavy atom. The van der Waals surface area contributed by atoms with Crippen molar-refractivity contribution in [2.24, 2.45) is 5.92 Å². The lowest BCUT2D eigenvalue weighted by molar-refractivity contribution is -0.122. The number of anilines is 1. The third-order valence-corrected chi connectivity index (χ3v) is 3.63. The Hall–Kier alpha value is -2.17. The number of amides is 1. The van der Waals surface area contributed by atoms with Crippen molar-refractivity contribution in [2.75, 3.05) is 5.32 Å². The highest BCUT2D eigenvalue weighted by molar-refractivity contribution is 5.92. The van der Waals surface area contributed by atoms with E-state index >= 15 is 0 Å². The molecule has 0 aliphatic heterocycles. The molecule has 20 heavy (non-hydrogen) atoms. The molecule has 0 bridgehead atoms. The van der Waals surface area contributed by atoms with Crippen molar-refractivity contribution in [3.8, 4) is 0 Å². The Morgan fingerprint density at radius 2 is 2.05 bits per heavy atom. The van der Waals surface area contributed by atoms with Crippen molar-refractivity contribution in [3.63, 3.8) is 0 Å². The molecule has 0 radical (unpaired) electrons. The van der Waals surface area contributed by atoms with Crippen LogP contribution in [0.2, 0.25) is 0 Å². The fourth-order valence-electron chi connectivity index (χ4n) is 2.19. The van der Waals surface area contributed by atoms with E-state index < -0.39 is 0 Å². The second-order valence-electron chi connectivity index (χ2n) is 5.14.